The Kier molecular flexibility index (Phi) is 4.78. The minimum atomic E-state index is -3.34. The molecule has 0 aromatic carbocycles. The van der Waals surface area contributed by atoms with Gasteiger partial charge in [0.05, 0.1) is 12.2 Å². The Hall–Kier alpha value is -0.960. The van der Waals surface area contributed by atoms with Crippen molar-refractivity contribution >= 4 is 10.2 Å². The zero-order chi connectivity index (χ0) is 16.6. The molecule has 2 bridgehead atoms. The van der Waals surface area contributed by atoms with Crippen molar-refractivity contribution in [1.29, 1.82) is 0 Å². The first kappa shape index (κ1) is 16.9. The van der Waals surface area contributed by atoms with E-state index < -0.39 is 10.2 Å². The van der Waals surface area contributed by atoms with E-state index in [2.05, 4.69) is 17.0 Å². The summed E-state index contributed by atoms with van der Waals surface area (Å²) in [6.45, 7) is 4.87. The highest BCUT2D eigenvalue weighted by atomic mass is 32.2. The van der Waals surface area contributed by atoms with Crippen LogP contribution < -0.4 is 0 Å². The van der Waals surface area contributed by atoms with Crippen molar-refractivity contribution in [3.63, 3.8) is 0 Å². The molecule has 4 rings (SSSR count). The molecule has 2 atom stereocenters. The summed E-state index contributed by atoms with van der Waals surface area (Å²) >= 11 is 0. The fourth-order valence-electron chi connectivity index (χ4n) is 3.55. The average Bonchev–Trinajstić information content (AvgIpc) is 2.75. The van der Waals surface area contributed by atoms with Gasteiger partial charge in [-0.2, -0.15) is 17.0 Å². The predicted molar refractivity (Wildman–Crippen MR) is 87.0 cm³/mol. The number of hydrogen-bond donors (Lipinski definition) is 0. The molecule has 3 fully saturated rings. The van der Waals surface area contributed by atoms with Gasteiger partial charge in [-0.05, 0) is 25.2 Å². The lowest BCUT2D eigenvalue weighted by Crippen LogP contribution is -2.45. The lowest BCUT2D eigenvalue weighted by Gasteiger charge is -2.35. The van der Waals surface area contributed by atoms with E-state index in [1.165, 1.54) is 4.31 Å². The molecule has 0 aliphatic carbocycles. The molecule has 0 unspecified atom stereocenters. The fraction of sp³-hybridized carbons (Fsp3) is 0.800. The number of hydrogen-bond acceptors (Lipinski definition) is 5. The average molecular weight is 342 g/mol. The van der Waals surface area contributed by atoms with Gasteiger partial charge in [0.15, 0.2) is 5.76 Å². The van der Waals surface area contributed by atoms with E-state index >= 15 is 0 Å². The summed E-state index contributed by atoms with van der Waals surface area (Å²) in [6, 6.07) is 2.26. The lowest BCUT2D eigenvalue weighted by molar-refractivity contribution is 0.113. The molecular weight excluding hydrogens is 316 g/mol. The third kappa shape index (κ3) is 3.45. The van der Waals surface area contributed by atoms with Gasteiger partial charge in [-0.15, -0.1) is 0 Å². The van der Waals surface area contributed by atoms with E-state index in [1.54, 1.807) is 18.4 Å². The maximum Gasteiger partial charge on any atom is 0.281 e. The third-order valence-corrected chi connectivity index (χ3v) is 6.78. The molecule has 0 saturated carbocycles. The number of piperidine rings is 1. The molecule has 3 saturated heterocycles. The number of aryl methyl sites for hydroxylation is 1. The fourth-order valence-corrected chi connectivity index (χ4v) is 4.77. The lowest BCUT2D eigenvalue weighted by atomic mass is 9.95. The van der Waals surface area contributed by atoms with E-state index in [1.807, 2.05) is 6.07 Å². The first-order chi connectivity index (χ1) is 10.9. The quantitative estimate of drug-likeness (QED) is 0.796. The highest BCUT2D eigenvalue weighted by molar-refractivity contribution is 7.86. The Balaban J connectivity index is 1.74. The van der Waals surface area contributed by atoms with E-state index in [-0.39, 0.29) is 6.04 Å². The van der Waals surface area contributed by atoms with Gasteiger partial charge in [0.2, 0.25) is 0 Å². The summed E-state index contributed by atoms with van der Waals surface area (Å²) < 4.78 is 33.3. The Labute approximate surface area is 138 Å². The highest BCUT2D eigenvalue weighted by Gasteiger charge is 2.39. The Bertz CT molecular complexity index is 643. The molecule has 7 nitrogen and oxygen atoms in total. The van der Waals surface area contributed by atoms with E-state index in [0.29, 0.717) is 25.6 Å². The second-order valence-corrected chi connectivity index (χ2v) is 8.91. The van der Waals surface area contributed by atoms with Gasteiger partial charge >= 0.3 is 0 Å². The molecule has 0 amide bonds. The smallest absolute Gasteiger partial charge is 0.281 e. The van der Waals surface area contributed by atoms with Crippen LogP contribution in [0, 0.1) is 5.92 Å². The predicted octanol–water partition coefficient (Wildman–Crippen LogP) is 0.940. The number of fused-ring (bicyclic) bond motifs is 4. The van der Waals surface area contributed by atoms with Gasteiger partial charge in [-0.25, -0.2) is 0 Å². The molecule has 3 aliphatic rings. The van der Waals surface area contributed by atoms with Gasteiger partial charge in [0.25, 0.3) is 10.2 Å². The molecule has 3 aliphatic heterocycles. The second-order valence-electron chi connectivity index (χ2n) is 6.77. The Morgan fingerprint density at radius 2 is 2.09 bits per heavy atom. The summed E-state index contributed by atoms with van der Waals surface area (Å²) in [5.74, 6) is 1.26. The number of aromatic nitrogens is 1. The zero-order valence-corrected chi connectivity index (χ0v) is 14.9. The van der Waals surface area contributed by atoms with Gasteiger partial charge in [0.1, 0.15) is 0 Å². The standard InChI is InChI=1S/C15H26N4O3S/c1-4-13-7-15(22-16-13)11-18-8-12-5-6-14(18)10-19(9-12)23(20,21)17(2)3/h7,12,14H,4-6,8-11H2,1-3H3/t12-,14-/m1/s1. The summed E-state index contributed by atoms with van der Waals surface area (Å²) in [6.07, 6.45) is 3.00. The van der Waals surface area contributed by atoms with Crippen LogP contribution in [0.25, 0.3) is 0 Å². The van der Waals surface area contributed by atoms with E-state index in [4.69, 9.17) is 4.52 Å². The number of rotatable bonds is 5. The molecule has 0 radical (unpaired) electrons. The SMILES string of the molecule is CCc1cc(CN2C[C@H]3CC[C@@H]2CN(S(=O)(=O)N(C)C)C3)on1. The molecular formula is C15H26N4O3S. The third-order valence-electron chi connectivity index (χ3n) is 4.91. The topological polar surface area (TPSA) is 69.9 Å². The van der Waals surface area contributed by atoms with Crippen molar-refractivity contribution < 1.29 is 12.9 Å². The van der Waals surface area contributed by atoms with Crippen LogP contribution in [0.15, 0.2) is 10.6 Å². The molecule has 1 aromatic rings. The summed E-state index contributed by atoms with van der Waals surface area (Å²) in [5, 5.41) is 4.05. The van der Waals surface area contributed by atoms with Gasteiger partial charge in [0, 0.05) is 45.8 Å². The van der Waals surface area contributed by atoms with Crippen molar-refractivity contribution in [2.24, 2.45) is 5.92 Å². The van der Waals surface area contributed by atoms with Crippen molar-refractivity contribution in [3.05, 3.63) is 17.5 Å². The van der Waals surface area contributed by atoms with Crippen LogP contribution in [-0.4, -0.2) is 66.9 Å². The van der Waals surface area contributed by atoms with Crippen LogP contribution in [0.1, 0.15) is 31.2 Å². The van der Waals surface area contributed by atoms with Crippen LogP contribution in [0.2, 0.25) is 0 Å². The zero-order valence-electron chi connectivity index (χ0n) is 14.1. The van der Waals surface area contributed by atoms with Crippen molar-refractivity contribution in [2.75, 3.05) is 33.7 Å². The van der Waals surface area contributed by atoms with Crippen molar-refractivity contribution in [1.82, 2.24) is 18.7 Å². The molecule has 23 heavy (non-hydrogen) atoms. The molecule has 8 heteroatoms. The molecule has 130 valence electrons. The molecule has 0 N–H and O–H groups in total. The van der Waals surface area contributed by atoms with Gasteiger partial charge < -0.3 is 4.52 Å². The van der Waals surface area contributed by atoms with Crippen LogP contribution in [0.5, 0.6) is 0 Å². The molecule has 0 spiro atoms. The first-order valence-corrected chi connectivity index (χ1v) is 9.66. The largest absolute Gasteiger partial charge is 0.360 e. The van der Waals surface area contributed by atoms with Crippen LogP contribution in [0.3, 0.4) is 0 Å². The maximum atomic E-state index is 12.5. The normalized spacial score (nSPS) is 26.8. The summed E-state index contributed by atoms with van der Waals surface area (Å²) in [5.41, 5.74) is 0.969. The monoisotopic (exact) mass is 342 g/mol. The van der Waals surface area contributed by atoms with Crippen LogP contribution in [0.4, 0.5) is 0 Å². The number of nitrogens with zero attached hydrogens (tertiary/aromatic N) is 4. The summed E-state index contributed by atoms with van der Waals surface area (Å²) in [4.78, 5) is 2.36. The first-order valence-electron chi connectivity index (χ1n) is 8.26. The minimum Gasteiger partial charge on any atom is -0.360 e. The highest BCUT2D eigenvalue weighted by Crippen LogP contribution is 2.30. The van der Waals surface area contributed by atoms with Gasteiger partial charge in [-0.3, -0.25) is 4.90 Å². The van der Waals surface area contributed by atoms with Crippen LogP contribution >= 0.6 is 0 Å². The van der Waals surface area contributed by atoms with E-state index in [0.717, 1.165) is 37.3 Å². The van der Waals surface area contributed by atoms with Gasteiger partial charge in [-0.1, -0.05) is 12.1 Å². The molecule has 4 heterocycles. The van der Waals surface area contributed by atoms with Crippen molar-refractivity contribution in [3.8, 4) is 0 Å². The molecule has 1 aromatic heterocycles. The van der Waals surface area contributed by atoms with Crippen LogP contribution in [-0.2, 0) is 23.2 Å². The minimum absolute atomic E-state index is 0.249. The summed E-state index contributed by atoms with van der Waals surface area (Å²) in [7, 11) is -0.145. The van der Waals surface area contributed by atoms with Crippen molar-refractivity contribution in [2.45, 2.75) is 38.8 Å². The second kappa shape index (κ2) is 6.51. The maximum absolute atomic E-state index is 12.5. The Morgan fingerprint density at radius 1 is 1.30 bits per heavy atom. The Morgan fingerprint density at radius 3 is 2.74 bits per heavy atom. The van der Waals surface area contributed by atoms with E-state index in [9.17, 15) is 8.42 Å².